The zero-order valence-electron chi connectivity index (χ0n) is 4.94. The second-order valence-corrected chi connectivity index (χ2v) is 2.89. The molecule has 1 aromatic carbocycles. The van der Waals surface area contributed by atoms with Crippen molar-refractivity contribution in [3.63, 3.8) is 0 Å². The van der Waals surface area contributed by atoms with E-state index in [-0.39, 0.29) is 4.90 Å². The van der Waals surface area contributed by atoms with E-state index in [2.05, 4.69) is 21.9 Å². The van der Waals surface area contributed by atoms with Crippen LogP contribution in [0.2, 0.25) is 0 Å². The number of thiol groups is 1. The monoisotopic (exact) mass is 178 g/mol. The van der Waals surface area contributed by atoms with E-state index in [9.17, 15) is 8.78 Å². The van der Waals surface area contributed by atoms with Crippen LogP contribution in [0.15, 0.2) is 17.0 Å². The molecule has 0 aliphatic rings. The maximum absolute atomic E-state index is 12.5. The molecule has 0 saturated heterocycles. The summed E-state index contributed by atoms with van der Waals surface area (Å²) in [5.41, 5.74) is 0. The van der Waals surface area contributed by atoms with Crippen LogP contribution in [-0.4, -0.2) is 0 Å². The van der Waals surface area contributed by atoms with E-state index in [0.717, 1.165) is 6.07 Å². The Labute approximate surface area is 65.2 Å². The molecule has 4 heteroatoms. The molecule has 10 heavy (non-hydrogen) atoms. The Hall–Kier alpha value is -0.140. The predicted molar refractivity (Wildman–Crippen MR) is 43.0 cm³/mol. The van der Waals surface area contributed by atoms with Gasteiger partial charge in [-0.15, -0.1) is 21.9 Å². The lowest BCUT2D eigenvalue weighted by Gasteiger charge is -1.98. The third kappa shape index (κ3) is 1.47. The summed E-state index contributed by atoms with van der Waals surface area (Å²) in [5, 5.41) is 0.431. The Kier molecular flexibility index (Phi) is 2.27. The van der Waals surface area contributed by atoms with E-state index in [1.54, 1.807) is 0 Å². The first kappa shape index (κ1) is 7.96. The zero-order valence-corrected chi connectivity index (χ0v) is 6.98. The Balaban J connectivity index is 3.31. The third-order valence-corrected chi connectivity index (χ3v) is 2.23. The molecule has 1 unspecified atom stereocenters. The molecule has 0 fully saturated rings. The normalized spacial score (nSPS) is 10.0. The number of hydrogen-bond acceptors (Lipinski definition) is 1. The minimum absolute atomic E-state index is 0.173. The summed E-state index contributed by atoms with van der Waals surface area (Å²) in [5.74, 6) is -1.21. The summed E-state index contributed by atoms with van der Waals surface area (Å²) in [6.45, 7) is 0. The molecule has 1 atom stereocenters. The van der Waals surface area contributed by atoms with E-state index in [1.807, 2.05) is 0 Å². The highest BCUT2D eigenvalue weighted by Gasteiger charge is 2.02. The lowest BCUT2D eigenvalue weighted by atomic mass is 10.3. The number of halogens is 2. The fourth-order valence-corrected chi connectivity index (χ4v) is 1.01. The molecule has 0 amide bonds. The summed E-state index contributed by atoms with van der Waals surface area (Å²) in [7, 11) is 2.20. The second kappa shape index (κ2) is 2.85. The fourth-order valence-electron chi connectivity index (χ4n) is 0.586. The second-order valence-electron chi connectivity index (χ2n) is 1.83. The molecule has 1 aromatic rings. The van der Waals surface area contributed by atoms with Gasteiger partial charge in [-0.2, -0.15) is 0 Å². The van der Waals surface area contributed by atoms with Gasteiger partial charge in [-0.25, -0.2) is 8.78 Å². The van der Waals surface area contributed by atoms with E-state index >= 15 is 0 Å². The summed E-state index contributed by atoms with van der Waals surface area (Å²) < 4.78 is 24.8. The van der Waals surface area contributed by atoms with Crippen LogP contribution in [0.25, 0.3) is 0 Å². The molecule has 54 valence electrons. The maximum Gasteiger partial charge on any atom is 0.140 e. The molecule has 0 aromatic heterocycles. The van der Waals surface area contributed by atoms with Gasteiger partial charge in [0.05, 0.1) is 0 Å². The highest BCUT2D eigenvalue weighted by atomic mass is 32.1. The van der Waals surface area contributed by atoms with Crippen molar-refractivity contribution in [1.82, 2.24) is 0 Å². The lowest BCUT2D eigenvalue weighted by Crippen LogP contribution is -1.98. The third-order valence-electron chi connectivity index (χ3n) is 1.06. The van der Waals surface area contributed by atoms with E-state index in [1.165, 1.54) is 6.07 Å². The van der Waals surface area contributed by atoms with Crippen LogP contribution >= 0.6 is 21.9 Å². The average molecular weight is 178 g/mol. The van der Waals surface area contributed by atoms with Gasteiger partial charge in [0.25, 0.3) is 0 Å². The van der Waals surface area contributed by atoms with Crippen LogP contribution in [0.4, 0.5) is 8.78 Å². The molecule has 0 aliphatic heterocycles. The van der Waals surface area contributed by atoms with Crippen molar-refractivity contribution in [2.24, 2.45) is 0 Å². The quantitative estimate of drug-likeness (QED) is 0.454. The van der Waals surface area contributed by atoms with Gasteiger partial charge in [0.1, 0.15) is 11.6 Å². The van der Waals surface area contributed by atoms with Crippen molar-refractivity contribution in [2.45, 2.75) is 4.90 Å². The van der Waals surface area contributed by atoms with Crippen LogP contribution in [0, 0.1) is 11.6 Å². The van der Waals surface area contributed by atoms with Gasteiger partial charge < -0.3 is 0 Å². The van der Waals surface area contributed by atoms with E-state index < -0.39 is 11.6 Å². The van der Waals surface area contributed by atoms with Gasteiger partial charge in [0.2, 0.25) is 0 Å². The van der Waals surface area contributed by atoms with Crippen LogP contribution < -0.4 is 5.30 Å². The fraction of sp³-hybridized carbons (Fsp3) is 0. The van der Waals surface area contributed by atoms with Crippen molar-refractivity contribution in [3.05, 3.63) is 23.8 Å². The Morgan fingerprint density at radius 3 is 2.40 bits per heavy atom. The first-order valence-electron chi connectivity index (χ1n) is 2.54. The van der Waals surface area contributed by atoms with Crippen molar-refractivity contribution in [3.8, 4) is 0 Å². The van der Waals surface area contributed by atoms with Gasteiger partial charge in [-0.05, 0) is 11.4 Å². The summed E-state index contributed by atoms with van der Waals surface area (Å²) >= 11 is 3.80. The van der Waals surface area contributed by atoms with Gasteiger partial charge in [0, 0.05) is 11.0 Å². The maximum atomic E-state index is 12.5. The molecular weight excluding hydrogens is 173 g/mol. The molecule has 0 aliphatic carbocycles. The largest absolute Gasteiger partial charge is 0.207 e. The average Bonchev–Trinajstić information content (AvgIpc) is 1.82. The predicted octanol–water partition coefficient (Wildman–Crippen LogP) is 1.75. The summed E-state index contributed by atoms with van der Waals surface area (Å²) in [4.78, 5) is 0.173. The SMILES string of the molecule is Fc1cc(F)c(S)c(P)c1. The van der Waals surface area contributed by atoms with Crippen LogP contribution in [0.5, 0.6) is 0 Å². The molecular formula is C6H5F2PS. The smallest absolute Gasteiger partial charge is 0.140 e. The van der Waals surface area contributed by atoms with Gasteiger partial charge in [-0.3, -0.25) is 0 Å². The van der Waals surface area contributed by atoms with E-state index in [0.29, 0.717) is 5.30 Å². The first-order chi connectivity index (χ1) is 4.61. The number of rotatable bonds is 0. The highest BCUT2D eigenvalue weighted by molar-refractivity contribution is 7.80. The van der Waals surface area contributed by atoms with Crippen LogP contribution in [0.3, 0.4) is 0 Å². The molecule has 0 nitrogen and oxygen atoms in total. The Bertz CT molecular complexity index is 239. The van der Waals surface area contributed by atoms with Crippen molar-refractivity contribution < 1.29 is 8.78 Å². The molecule has 0 bridgehead atoms. The van der Waals surface area contributed by atoms with Gasteiger partial charge >= 0.3 is 0 Å². The molecule has 0 spiro atoms. The molecule has 0 radical (unpaired) electrons. The van der Waals surface area contributed by atoms with Crippen molar-refractivity contribution in [1.29, 1.82) is 0 Å². The number of benzene rings is 1. The first-order valence-corrected chi connectivity index (χ1v) is 3.57. The van der Waals surface area contributed by atoms with Crippen LogP contribution in [0.1, 0.15) is 0 Å². The van der Waals surface area contributed by atoms with Crippen molar-refractivity contribution in [2.75, 3.05) is 0 Å². The van der Waals surface area contributed by atoms with Crippen molar-refractivity contribution >= 4 is 27.2 Å². The zero-order chi connectivity index (χ0) is 7.72. The topological polar surface area (TPSA) is 0 Å². The van der Waals surface area contributed by atoms with E-state index in [4.69, 9.17) is 0 Å². The van der Waals surface area contributed by atoms with Gasteiger partial charge in [-0.1, -0.05) is 0 Å². The summed E-state index contributed by atoms with van der Waals surface area (Å²) in [6, 6.07) is 2.01. The Morgan fingerprint density at radius 1 is 1.30 bits per heavy atom. The minimum Gasteiger partial charge on any atom is -0.207 e. The molecule has 1 rings (SSSR count). The standard InChI is InChI=1S/C6H5F2PS/c7-3-1-4(8)6(10)5(9)2-3/h1-2,10H,9H2. The molecule has 0 heterocycles. The summed E-state index contributed by atoms with van der Waals surface area (Å²) in [6.07, 6.45) is 0. The minimum atomic E-state index is -0.631. The lowest BCUT2D eigenvalue weighted by molar-refractivity contribution is 0.569. The molecule has 0 saturated carbocycles. The highest BCUT2D eigenvalue weighted by Crippen LogP contribution is 2.13. The van der Waals surface area contributed by atoms with Gasteiger partial charge in [0.15, 0.2) is 0 Å². The molecule has 0 N–H and O–H groups in total. The number of hydrogen-bond donors (Lipinski definition) is 1. The Morgan fingerprint density at radius 2 is 1.90 bits per heavy atom. The van der Waals surface area contributed by atoms with Crippen LogP contribution in [-0.2, 0) is 0 Å².